The van der Waals surface area contributed by atoms with E-state index in [2.05, 4.69) is 15.2 Å². The molecular formula is C15H13N3OS. The van der Waals surface area contributed by atoms with Crippen molar-refractivity contribution in [1.82, 2.24) is 4.98 Å². The largest absolute Gasteiger partial charge is 0.504 e. The number of azo groups is 1. The van der Waals surface area contributed by atoms with Gasteiger partial charge in [0.15, 0.2) is 10.8 Å². The van der Waals surface area contributed by atoms with Crippen LogP contribution in [-0.2, 0) is 0 Å². The maximum absolute atomic E-state index is 10.3. The van der Waals surface area contributed by atoms with E-state index in [4.69, 9.17) is 0 Å². The first-order chi connectivity index (χ1) is 9.65. The summed E-state index contributed by atoms with van der Waals surface area (Å²) in [6.07, 6.45) is 0. The van der Waals surface area contributed by atoms with Crippen LogP contribution >= 0.6 is 11.3 Å². The van der Waals surface area contributed by atoms with Gasteiger partial charge < -0.3 is 5.11 Å². The number of nitrogens with zero attached hydrogens (tertiary/aromatic N) is 3. The SMILES string of the molecule is Cc1cc(C)c2c(O)c(N=Nc3ccccc3)sc2n1. The molecule has 2 aromatic heterocycles. The first-order valence-electron chi connectivity index (χ1n) is 6.21. The van der Waals surface area contributed by atoms with Crippen molar-refractivity contribution in [2.24, 2.45) is 10.2 Å². The number of hydrogen-bond donors (Lipinski definition) is 1. The maximum atomic E-state index is 10.3. The third-order valence-electron chi connectivity index (χ3n) is 2.96. The lowest BCUT2D eigenvalue weighted by Crippen LogP contribution is -1.82. The van der Waals surface area contributed by atoms with Crippen molar-refractivity contribution in [3.05, 3.63) is 47.7 Å². The summed E-state index contributed by atoms with van der Waals surface area (Å²) in [7, 11) is 0. The molecule has 20 heavy (non-hydrogen) atoms. The van der Waals surface area contributed by atoms with Crippen molar-refractivity contribution in [2.75, 3.05) is 0 Å². The van der Waals surface area contributed by atoms with E-state index in [1.165, 1.54) is 11.3 Å². The Morgan fingerprint density at radius 3 is 2.60 bits per heavy atom. The number of fused-ring (bicyclic) bond motifs is 1. The first-order valence-corrected chi connectivity index (χ1v) is 7.03. The maximum Gasteiger partial charge on any atom is 0.183 e. The van der Waals surface area contributed by atoms with Crippen LogP contribution in [0.25, 0.3) is 10.2 Å². The summed E-state index contributed by atoms with van der Waals surface area (Å²) in [5.74, 6) is 0.162. The molecule has 0 aliphatic rings. The number of aryl methyl sites for hydroxylation is 2. The summed E-state index contributed by atoms with van der Waals surface area (Å²) in [6, 6.07) is 11.4. The fourth-order valence-corrected chi connectivity index (χ4v) is 3.09. The lowest BCUT2D eigenvalue weighted by atomic mass is 10.2. The minimum Gasteiger partial charge on any atom is -0.504 e. The minimum absolute atomic E-state index is 0.162. The van der Waals surface area contributed by atoms with E-state index >= 15 is 0 Å². The van der Waals surface area contributed by atoms with Gasteiger partial charge in [0.05, 0.1) is 11.1 Å². The van der Waals surface area contributed by atoms with Crippen molar-refractivity contribution >= 4 is 32.2 Å². The highest BCUT2D eigenvalue weighted by Gasteiger charge is 2.14. The van der Waals surface area contributed by atoms with Crippen molar-refractivity contribution in [3.63, 3.8) is 0 Å². The van der Waals surface area contributed by atoms with E-state index < -0.39 is 0 Å². The third kappa shape index (κ3) is 2.28. The van der Waals surface area contributed by atoms with E-state index in [0.717, 1.165) is 27.2 Å². The van der Waals surface area contributed by atoms with Gasteiger partial charge in [-0.1, -0.05) is 29.5 Å². The molecule has 0 saturated heterocycles. The molecule has 0 aliphatic heterocycles. The molecule has 1 aromatic carbocycles. The van der Waals surface area contributed by atoms with Crippen LogP contribution in [0.2, 0.25) is 0 Å². The van der Waals surface area contributed by atoms with Crippen LogP contribution in [0.3, 0.4) is 0 Å². The van der Waals surface area contributed by atoms with Crippen molar-refractivity contribution < 1.29 is 5.11 Å². The zero-order valence-electron chi connectivity index (χ0n) is 11.2. The molecule has 1 N–H and O–H groups in total. The van der Waals surface area contributed by atoms with Crippen LogP contribution in [-0.4, -0.2) is 10.1 Å². The van der Waals surface area contributed by atoms with E-state index in [1.54, 1.807) is 0 Å². The minimum atomic E-state index is 0.162. The monoisotopic (exact) mass is 283 g/mol. The van der Waals surface area contributed by atoms with Crippen LogP contribution in [0.4, 0.5) is 10.7 Å². The second kappa shape index (κ2) is 5.02. The number of benzene rings is 1. The molecule has 4 nitrogen and oxygen atoms in total. The molecule has 0 bridgehead atoms. The third-order valence-corrected chi connectivity index (χ3v) is 3.91. The number of rotatable bonds is 2. The van der Waals surface area contributed by atoms with E-state index in [-0.39, 0.29) is 5.75 Å². The highest BCUT2D eigenvalue weighted by molar-refractivity contribution is 7.22. The van der Waals surface area contributed by atoms with Gasteiger partial charge in [-0.2, -0.15) is 0 Å². The van der Waals surface area contributed by atoms with E-state index in [9.17, 15) is 5.11 Å². The fourth-order valence-electron chi connectivity index (χ4n) is 2.08. The van der Waals surface area contributed by atoms with Gasteiger partial charge in [-0.25, -0.2) is 4.98 Å². The van der Waals surface area contributed by atoms with Gasteiger partial charge in [0.1, 0.15) is 4.83 Å². The molecule has 5 heteroatoms. The lowest BCUT2D eigenvalue weighted by molar-refractivity contribution is 0.484. The van der Waals surface area contributed by atoms with Crippen LogP contribution in [0, 0.1) is 13.8 Å². The fraction of sp³-hybridized carbons (Fsp3) is 0.133. The average molecular weight is 283 g/mol. The van der Waals surface area contributed by atoms with Gasteiger partial charge >= 0.3 is 0 Å². The number of aromatic nitrogens is 1. The van der Waals surface area contributed by atoms with Crippen LogP contribution in [0.5, 0.6) is 5.75 Å². The van der Waals surface area contributed by atoms with Gasteiger partial charge in [0.25, 0.3) is 0 Å². The number of thiophene rings is 1. The zero-order chi connectivity index (χ0) is 14.1. The van der Waals surface area contributed by atoms with Crippen molar-refractivity contribution in [3.8, 4) is 5.75 Å². The molecule has 0 fully saturated rings. The molecular weight excluding hydrogens is 270 g/mol. The second-order valence-electron chi connectivity index (χ2n) is 4.55. The molecule has 3 rings (SSSR count). The summed E-state index contributed by atoms with van der Waals surface area (Å²) in [4.78, 5) is 5.22. The smallest absolute Gasteiger partial charge is 0.183 e. The van der Waals surface area contributed by atoms with Crippen molar-refractivity contribution in [2.45, 2.75) is 13.8 Å². The second-order valence-corrected chi connectivity index (χ2v) is 5.53. The van der Waals surface area contributed by atoms with Crippen LogP contribution in [0.15, 0.2) is 46.6 Å². The summed E-state index contributed by atoms with van der Waals surface area (Å²) in [6.45, 7) is 3.90. The Morgan fingerprint density at radius 2 is 1.85 bits per heavy atom. The molecule has 0 atom stereocenters. The molecule has 100 valence electrons. The number of hydrogen-bond acceptors (Lipinski definition) is 5. The first kappa shape index (κ1) is 12.7. The quantitative estimate of drug-likeness (QED) is 0.670. The van der Waals surface area contributed by atoms with Crippen LogP contribution in [0.1, 0.15) is 11.3 Å². The van der Waals surface area contributed by atoms with Gasteiger partial charge in [0.2, 0.25) is 0 Å². The number of pyridine rings is 1. The van der Waals surface area contributed by atoms with Crippen molar-refractivity contribution in [1.29, 1.82) is 0 Å². The van der Waals surface area contributed by atoms with E-state index in [1.807, 2.05) is 50.2 Å². The molecule has 3 aromatic rings. The molecule has 0 amide bonds. The normalized spacial score (nSPS) is 11.5. The van der Waals surface area contributed by atoms with Gasteiger partial charge in [-0.05, 0) is 37.6 Å². The Balaban J connectivity index is 2.07. The molecule has 0 radical (unpaired) electrons. The molecule has 0 saturated carbocycles. The standard InChI is InChI=1S/C15H13N3OS/c1-9-8-10(2)16-14-12(9)13(19)15(20-14)18-17-11-6-4-3-5-7-11/h3-8,19H,1-2H3. The highest BCUT2D eigenvalue weighted by Crippen LogP contribution is 2.44. The summed E-state index contributed by atoms with van der Waals surface area (Å²) >= 11 is 1.35. The van der Waals surface area contributed by atoms with Gasteiger partial charge in [0, 0.05) is 5.69 Å². The Bertz CT molecular complexity index is 794. The summed E-state index contributed by atoms with van der Waals surface area (Å²) < 4.78 is 0. The Labute approximate surface area is 120 Å². The Morgan fingerprint density at radius 1 is 1.10 bits per heavy atom. The summed E-state index contributed by atoms with van der Waals surface area (Å²) in [5.41, 5.74) is 2.69. The average Bonchev–Trinajstić information content (AvgIpc) is 2.74. The van der Waals surface area contributed by atoms with Gasteiger partial charge in [-0.3, -0.25) is 0 Å². The Hall–Kier alpha value is -2.27. The molecule has 0 aliphatic carbocycles. The topological polar surface area (TPSA) is 57.8 Å². The molecule has 0 spiro atoms. The number of aromatic hydroxyl groups is 1. The van der Waals surface area contributed by atoms with Crippen LogP contribution < -0.4 is 0 Å². The predicted molar refractivity (Wildman–Crippen MR) is 81.4 cm³/mol. The molecule has 0 unspecified atom stereocenters. The lowest BCUT2D eigenvalue weighted by Gasteiger charge is -1.98. The molecule has 2 heterocycles. The zero-order valence-corrected chi connectivity index (χ0v) is 12.0. The predicted octanol–water partition coefficient (Wildman–Crippen LogP) is 5.03. The van der Waals surface area contributed by atoms with Gasteiger partial charge in [-0.15, -0.1) is 10.2 Å². The summed E-state index contributed by atoms with van der Waals surface area (Å²) in [5, 5.41) is 19.8. The highest BCUT2D eigenvalue weighted by atomic mass is 32.1. The van der Waals surface area contributed by atoms with E-state index in [0.29, 0.717) is 5.00 Å². The Kier molecular flexibility index (Phi) is 3.20.